The quantitative estimate of drug-likeness (QED) is 0.840. The molecule has 0 aromatic carbocycles. The number of carbonyl (C=O) groups is 1. The third kappa shape index (κ3) is 3.50. The molecule has 2 aliphatic rings. The Morgan fingerprint density at radius 3 is 2.88 bits per heavy atom. The fourth-order valence-corrected chi connectivity index (χ4v) is 5.24. The van der Waals surface area contributed by atoms with Gasteiger partial charge < -0.3 is 9.64 Å². The molecule has 1 amide bonds. The van der Waals surface area contributed by atoms with Crippen LogP contribution < -0.4 is 4.74 Å². The van der Waals surface area contributed by atoms with Crippen LogP contribution in [0.4, 0.5) is 0 Å². The van der Waals surface area contributed by atoms with Crippen molar-refractivity contribution in [3.63, 3.8) is 0 Å². The summed E-state index contributed by atoms with van der Waals surface area (Å²) in [6.07, 6.45) is 9.55. The minimum absolute atomic E-state index is 0.0754. The van der Waals surface area contributed by atoms with Gasteiger partial charge in [0.2, 0.25) is 5.88 Å². The van der Waals surface area contributed by atoms with Crippen LogP contribution in [0, 0.1) is 5.92 Å². The van der Waals surface area contributed by atoms with Crippen LogP contribution >= 0.6 is 11.3 Å². The lowest BCUT2D eigenvalue weighted by Gasteiger charge is -2.20. The predicted molar refractivity (Wildman–Crippen MR) is 99.1 cm³/mol. The molecule has 2 aromatic rings. The summed E-state index contributed by atoms with van der Waals surface area (Å²) in [7, 11) is 0. The van der Waals surface area contributed by atoms with Gasteiger partial charge in [0.15, 0.2) is 6.61 Å². The highest BCUT2D eigenvalue weighted by atomic mass is 32.1. The minimum Gasteiger partial charge on any atom is -0.467 e. The van der Waals surface area contributed by atoms with Gasteiger partial charge in [-0.05, 0) is 43.6 Å². The molecule has 0 N–H and O–H groups in total. The maximum atomic E-state index is 12.5. The van der Waals surface area contributed by atoms with Crippen LogP contribution in [-0.2, 0) is 17.6 Å². The lowest BCUT2D eigenvalue weighted by molar-refractivity contribution is -0.133. The van der Waals surface area contributed by atoms with E-state index in [1.165, 1.54) is 29.7 Å². The number of carbonyl (C=O) groups excluding carboxylic acids is 1. The maximum absolute atomic E-state index is 12.5. The Morgan fingerprint density at radius 2 is 2.08 bits per heavy atom. The SMILES string of the molecule is C[C@@H]1CCc2c(sc3ncnc(OCC(=O)N4CCCCCC4)c23)C1. The second-order valence-electron chi connectivity index (χ2n) is 7.29. The van der Waals surface area contributed by atoms with Crippen LogP contribution in [0.3, 0.4) is 0 Å². The Morgan fingerprint density at radius 1 is 1.28 bits per heavy atom. The standard InChI is InChI=1S/C19H25N3O2S/c1-13-6-7-14-15(10-13)25-19-17(14)18(20-12-21-19)24-11-16(23)22-8-4-2-3-5-9-22/h12-13H,2-11H2,1H3/t13-/m1/s1. The molecule has 134 valence electrons. The number of amides is 1. The van der Waals surface area contributed by atoms with Gasteiger partial charge in [-0.15, -0.1) is 11.3 Å². The van der Waals surface area contributed by atoms with E-state index >= 15 is 0 Å². The Balaban J connectivity index is 1.52. The first-order valence-electron chi connectivity index (χ1n) is 9.38. The number of ether oxygens (including phenoxy) is 1. The lowest BCUT2D eigenvalue weighted by Crippen LogP contribution is -2.35. The van der Waals surface area contributed by atoms with Crippen LogP contribution in [0.5, 0.6) is 5.88 Å². The zero-order chi connectivity index (χ0) is 17.2. The van der Waals surface area contributed by atoms with Gasteiger partial charge in [-0.3, -0.25) is 4.79 Å². The number of likely N-dealkylation sites (tertiary alicyclic amines) is 1. The molecule has 25 heavy (non-hydrogen) atoms. The van der Waals surface area contributed by atoms with Gasteiger partial charge in [-0.1, -0.05) is 19.8 Å². The summed E-state index contributed by atoms with van der Waals surface area (Å²) in [4.78, 5) is 25.6. The first-order chi connectivity index (χ1) is 12.2. The van der Waals surface area contributed by atoms with Crippen molar-refractivity contribution >= 4 is 27.5 Å². The van der Waals surface area contributed by atoms with E-state index in [-0.39, 0.29) is 12.5 Å². The highest BCUT2D eigenvalue weighted by Gasteiger charge is 2.24. The average Bonchev–Trinajstić information content (AvgIpc) is 2.79. The summed E-state index contributed by atoms with van der Waals surface area (Å²) < 4.78 is 5.89. The average molecular weight is 359 g/mol. The van der Waals surface area contributed by atoms with Crippen molar-refractivity contribution in [2.45, 2.75) is 51.9 Å². The fraction of sp³-hybridized carbons (Fsp3) is 0.632. The van der Waals surface area contributed by atoms with Crippen molar-refractivity contribution in [1.29, 1.82) is 0 Å². The molecule has 4 rings (SSSR count). The summed E-state index contributed by atoms with van der Waals surface area (Å²) in [5, 5.41) is 1.04. The Bertz CT molecular complexity index is 765. The molecule has 1 saturated heterocycles. The van der Waals surface area contributed by atoms with E-state index in [0.29, 0.717) is 5.88 Å². The predicted octanol–water partition coefficient (Wildman–Crippen LogP) is 3.60. The smallest absolute Gasteiger partial charge is 0.260 e. The molecule has 1 aliphatic carbocycles. The summed E-state index contributed by atoms with van der Waals surface area (Å²) in [6.45, 7) is 4.09. The van der Waals surface area contributed by atoms with Gasteiger partial charge in [-0.2, -0.15) is 0 Å². The molecule has 1 aliphatic heterocycles. The molecule has 3 heterocycles. The van der Waals surface area contributed by atoms with Crippen molar-refractivity contribution in [3.05, 3.63) is 16.8 Å². The largest absolute Gasteiger partial charge is 0.467 e. The van der Waals surface area contributed by atoms with Gasteiger partial charge in [0, 0.05) is 18.0 Å². The van der Waals surface area contributed by atoms with E-state index in [2.05, 4.69) is 16.9 Å². The molecule has 5 nitrogen and oxygen atoms in total. The number of nitrogens with zero attached hydrogens (tertiary/aromatic N) is 3. The monoisotopic (exact) mass is 359 g/mol. The first kappa shape index (κ1) is 16.8. The third-order valence-electron chi connectivity index (χ3n) is 5.35. The highest BCUT2D eigenvalue weighted by Crippen LogP contribution is 2.40. The number of thiophene rings is 1. The van der Waals surface area contributed by atoms with E-state index in [1.54, 1.807) is 17.7 Å². The molecule has 6 heteroatoms. The molecular formula is C19H25N3O2S. The van der Waals surface area contributed by atoms with Crippen molar-refractivity contribution in [2.75, 3.05) is 19.7 Å². The number of hydrogen-bond acceptors (Lipinski definition) is 5. The van der Waals surface area contributed by atoms with E-state index in [1.807, 2.05) is 4.90 Å². The van der Waals surface area contributed by atoms with E-state index in [9.17, 15) is 4.79 Å². The summed E-state index contributed by atoms with van der Waals surface area (Å²) in [6, 6.07) is 0. The first-order valence-corrected chi connectivity index (χ1v) is 10.2. The molecule has 0 bridgehead atoms. The zero-order valence-corrected chi connectivity index (χ0v) is 15.6. The number of rotatable bonds is 3. The third-order valence-corrected chi connectivity index (χ3v) is 6.51. The molecule has 0 spiro atoms. The number of aromatic nitrogens is 2. The van der Waals surface area contributed by atoms with E-state index in [4.69, 9.17) is 4.74 Å². The molecule has 0 saturated carbocycles. The Labute approximate surface area is 152 Å². The topological polar surface area (TPSA) is 55.3 Å². The van der Waals surface area contributed by atoms with Crippen LogP contribution in [0.2, 0.25) is 0 Å². The Kier molecular flexibility index (Phi) is 4.88. The Hall–Kier alpha value is -1.69. The summed E-state index contributed by atoms with van der Waals surface area (Å²) >= 11 is 1.76. The maximum Gasteiger partial charge on any atom is 0.260 e. The number of hydrogen-bond donors (Lipinski definition) is 0. The molecule has 2 aromatic heterocycles. The van der Waals surface area contributed by atoms with Crippen molar-refractivity contribution in [3.8, 4) is 5.88 Å². The molecular weight excluding hydrogens is 334 g/mol. The minimum atomic E-state index is 0.0754. The normalized spacial score (nSPS) is 21.0. The second-order valence-corrected chi connectivity index (χ2v) is 8.38. The van der Waals surface area contributed by atoms with Crippen molar-refractivity contribution in [2.24, 2.45) is 5.92 Å². The second kappa shape index (κ2) is 7.28. The van der Waals surface area contributed by atoms with Crippen LogP contribution in [-0.4, -0.2) is 40.5 Å². The van der Waals surface area contributed by atoms with Gasteiger partial charge in [0.05, 0.1) is 5.39 Å². The zero-order valence-electron chi connectivity index (χ0n) is 14.8. The van der Waals surface area contributed by atoms with E-state index in [0.717, 1.165) is 54.9 Å². The molecule has 0 unspecified atom stereocenters. The van der Waals surface area contributed by atoms with Crippen LogP contribution in [0.15, 0.2) is 6.33 Å². The van der Waals surface area contributed by atoms with Crippen molar-refractivity contribution in [1.82, 2.24) is 14.9 Å². The lowest BCUT2D eigenvalue weighted by atomic mass is 9.89. The van der Waals surface area contributed by atoms with Gasteiger partial charge in [0.25, 0.3) is 5.91 Å². The molecule has 1 fully saturated rings. The van der Waals surface area contributed by atoms with Crippen molar-refractivity contribution < 1.29 is 9.53 Å². The van der Waals surface area contributed by atoms with Crippen LogP contribution in [0.1, 0.15) is 49.5 Å². The molecule has 1 atom stereocenters. The summed E-state index contributed by atoms with van der Waals surface area (Å²) in [5.41, 5.74) is 1.34. The highest BCUT2D eigenvalue weighted by molar-refractivity contribution is 7.18. The fourth-order valence-electron chi connectivity index (χ4n) is 3.90. The number of fused-ring (bicyclic) bond motifs is 3. The van der Waals surface area contributed by atoms with E-state index < -0.39 is 0 Å². The summed E-state index contributed by atoms with van der Waals surface area (Å²) in [5.74, 6) is 1.38. The van der Waals surface area contributed by atoms with Crippen LogP contribution in [0.25, 0.3) is 10.2 Å². The van der Waals surface area contributed by atoms with Gasteiger partial charge >= 0.3 is 0 Å². The van der Waals surface area contributed by atoms with Gasteiger partial charge in [-0.25, -0.2) is 9.97 Å². The number of aryl methyl sites for hydroxylation is 1. The molecule has 0 radical (unpaired) electrons. The van der Waals surface area contributed by atoms with Gasteiger partial charge in [0.1, 0.15) is 11.2 Å².